The quantitative estimate of drug-likeness (QED) is 0.531. The molecule has 0 heterocycles. The van der Waals surface area contributed by atoms with Gasteiger partial charge in [-0.3, -0.25) is 0 Å². The predicted molar refractivity (Wildman–Crippen MR) is 127 cm³/mol. The molecule has 3 N–H and O–H groups in total. The van der Waals surface area contributed by atoms with Crippen molar-refractivity contribution in [2.75, 3.05) is 5.75 Å². The summed E-state index contributed by atoms with van der Waals surface area (Å²) in [6.07, 6.45) is 11.0. The highest BCUT2D eigenvalue weighted by Gasteiger charge is 2.31. The third-order valence-electron chi connectivity index (χ3n) is 7.10. The van der Waals surface area contributed by atoms with Crippen molar-refractivity contribution in [1.29, 1.82) is 0 Å². The second-order valence-electron chi connectivity index (χ2n) is 9.41. The van der Waals surface area contributed by atoms with Gasteiger partial charge in [-0.1, -0.05) is 67.8 Å². The van der Waals surface area contributed by atoms with Crippen LogP contribution in [0.25, 0.3) is 0 Å². The van der Waals surface area contributed by atoms with E-state index in [0.717, 1.165) is 69.8 Å². The van der Waals surface area contributed by atoms with Gasteiger partial charge < -0.3 is 5.73 Å². The molecule has 0 spiro atoms. The van der Waals surface area contributed by atoms with Crippen LogP contribution in [0.15, 0.2) is 48.5 Å². The van der Waals surface area contributed by atoms with Gasteiger partial charge >= 0.3 is 0 Å². The van der Waals surface area contributed by atoms with Gasteiger partial charge in [-0.15, -0.1) is 0 Å². The van der Waals surface area contributed by atoms with Gasteiger partial charge in [-0.05, 0) is 73.6 Å². The van der Waals surface area contributed by atoms with Crippen molar-refractivity contribution < 1.29 is 8.42 Å². The topological polar surface area (TPSA) is 72.2 Å². The number of hydrogen-bond donors (Lipinski definition) is 2. The Hall–Kier alpha value is -1.69. The van der Waals surface area contributed by atoms with Crippen LogP contribution in [0.3, 0.4) is 0 Å². The van der Waals surface area contributed by atoms with E-state index in [4.69, 9.17) is 5.73 Å². The summed E-state index contributed by atoms with van der Waals surface area (Å²) < 4.78 is 28.3. The summed E-state index contributed by atoms with van der Waals surface area (Å²) in [4.78, 5) is 0. The summed E-state index contributed by atoms with van der Waals surface area (Å²) in [5.41, 5.74) is 11.7. The lowest BCUT2D eigenvalue weighted by Crippen LogP contribution is -2.40. The molecular weight excluding hydrogens is 404 g/mol. The van der Waals surface area contributed by atoms with Crippen molar-refractivity contribution in [3.63, 3.8) is 0 Å². The maximum atomic E-state index is 12.6. The number of nitrogens with one attached hydrogen (secondary N) is 1. The van der Waals surface area contributed by atoms with Crippen LogP contribution in [0.4, 0.5) is 0 Å². The summed E-state index contributed by atoms with van der Waals surface area (Å²) in [6.45, 7) is 0. The van der Waals surface area contributed by atoms with Crippen molar-refractivity contribution in [3.8, 4) is 0 Å². The van der Waals surface area contributed by atoms with E-state index in [1.807, 2.05) is 12.1 Å². The Balaban J connectivity index is 1.21. The lowest BCUT2D eigenvalue weighted by Gasteiger charge is -2.36. The molecule has 2 aliphatic rings. The van der Waals surface area contributed by atoms with Gasteiger partial charge in [0.25, 0.3) is 0 Å². The Kier molecular flexibility index (Phi) is 7.15. The fourth-order valence-corrected chi connectivity index (χ4v) is 6.83. The number of benzene rings is 2. The first-order valence-electron chi connectivity index (χ1n) is 11.9. The average Bonchev–Trinajstić information content (AvgIpc) is 2.77. The number of aryl methyl sites for hydroxylation is 2. The average molecular weight is 441 g/mol. The number of fused-ring (bicyclic) bond motifs is 2. The normalized spacial score (nSPS) is 23.2. The van der Waals surface area contributed by atoms with Gasteiger partial charge in [0.05, 0.1) is 5.75 Å². The highest BCUT2D eigenvalue weighted by atomic mass is 32.2. The largest absolute Gasteiger partial charge is 0.321 e. The standard InChI is InChI=1S/C26H36N2O2S/c27-26(19-10-14-22-12-4-6-16-24(22)26)18-7-1-2-8-20-31(29,30)28-25-17-9-13-21-11-3-5-15-23(21)25/h3-6,11-12,15-16,25,28H,1-2,7-10,13-14,17-20,27H2. The van der Waals surface area contributed by atoms with Crippen LogP contribution in [0, 0.1) is 0 Å². The van der Waals surface area contributed by atoms with Crippen LogP contribution in [-0.2, 0) is 28.4 Å². The van der Waals surface area contributed by atoms with Crippen molar-refractivity contribution in [1.82, 2.24) is 4.72 Å². The minimum Gasteiger partial charge on any atom is -0.321 e. The maximum absolute atomic E-state index is 12.6. The molecule has 2 aromatic carbocycles. The monoisotopic (exact) mass is 440 g/mol. The molecule has 168 valence electrons. The molecule has 0 bridgehead atoms. The van der Waals surface area contributed by atoms with Crippen LogP contribution >= 0.6 is 0 Å². The fraction of sp³-hybridized carbons (Fsp3) is 0.538. The third kappa shape index (κ3) is 5.57. The Bertz CT molecular complexity index is 988. The molecular formula is C26H36N2O2S. The van der Waals surface area contributed by atoms with Gasteiger partial charge in [-0.2, -0.15) is 0 Å². The molecule has 0 fully saturated rings. The summed E-state index contributed by atoms with van der Waals surface area (Å²) in [6, 6.07) is 16.7. The molecule has 2 unspecified atom stereocenters. The number of rotatable bonds is 9. The van der Waals surface area contributed by atoms with Crippen molar-refractivity contribution in [2.45, 2.75) is 82.2 Å². The molecule has 31 heavy (non-hydrogen) atoms. The Morgan fingerprint density at radius 2 is 1.61 bits per heavy atom. The molecule has 2 aliphatic carbocycles. The van der Waals surface area contributed by atoms with Crippen LogP contribution in [-0.4, -0.2) is 14.2 Å². The molecule has 0 radical (unpaired) electrons. The van der Waals surface area contributed by atoms with E-state index in [0.29, 0.717) is 6.42 Å². The number of unbranched alkanes of at least 4 members (excludes halogenated alkanes) is 3. The highest BCUT2D eigenvalue weighted by molar-refractivity contribution is 7.89. The zero-order valence-electron chi connectivity index (χ0n) is 18.5. The van der Waals surface area contributed by atoms with Crippen molar-refractivity contribution in [2.24, 2.45) is 5.73 Å². The van der Waals surface area contributed by atoms with E-state index < -0.39 is 10.0 Å². The molecule has 4 nitrogen and oxygen atoms in total. The lowest BCUT2D eigenvalue weighted by molar-refractivity contribution is 0.332. The smallest absolute Gasteiger partial charge is 0.212 e. The van der Waals surface area contributed by atoms with Gasteiger partial charge in [0.2, 0.25) is 10.0 Å². The molecule has 0 aliphatic heterocycles. The first-order chi connectivity index (χ1) is 15.0. The molecule has 0 aromatic heterocycles. The molecule has 0 saturated heterocycles. The summed E-state index contributed by atoms with van der Waals surface area (Å²) in [5, 5.41) is 0. The van der Waals surface area contributed by atoms with E-state index in [-0.39, 0.29) is 17.3 Å². The summed E-state index contributed by atoms with van der Waals surface area (Å²) >= 11 is 0. The zero-order valence-corrected chi connectivity index (χ0v) is 19.3. The van der Waals surface area contributed by atoms with E-state index in [1.54, 1.807) is 0 Å². The minimum absolute atomic E-state index is 0.0709. The molecule has 0 saturated carbocycles. The van der Waals surface area contributed by atoms with E-state index in [2.05, 4.69) is 41.1 Å². The second kappa shape index (κ2) is 9.85. The zero-order chi connectivity index (χ0) is 21.7. The lowest BCUT2D eigenvalue weighted by atomic mass is 9.74. The van der Waals surface area contributed by atoms with Crippen molar-refractivity contribution in [3.05, 3.63) is 70.8 Å². The molecule has 2 atom stereocenters. The predicted octanol–water partition coefficient (Wildman–Crippen LogP) is 5.12. The van der Waals surface area contributed by atoms with Gasteiger partial charge in [-0.25, -0.2) is 13.1 Å². The highest BCUT2D eigenvalue weighted by Crippen LogP contribution is 2.37. The summed E-state index contributed by atoms with van der Waals surface area (Å²) in [5.74, 6) is 0.211. The number of sulfonamides is 1. The molecule has 0 amide bonds. The fourth-order valence-electron chi connectivity index (χ4n) is 5.45. The molecule has 4 rings (SSSR count). The summed E-state index contributed by atoms with van der Waals surface area (Å²) in [7, 11) is -3.26. The Morgan fingerprint density at radius 3 is 2.48 bits per heavy atom. The van der Waals surface area contributed by atoms with E-state index >= 15 is 0 Å². The Labute approximate surface area is 187 Å². The SMILES string of the molecule is NC1(CCCCCCS(=O)(=O)NC2CCCc3ccccc32)CCCc2ccccc21. The van der Waals surface area contributed by atoms with Gasteiger partial charge in [0.1, 0.15) is 0 Å². The van der Waals surface area contributed by atoms with Crippen LogP contribution < -0.4 is 10.5 Å². The van der Waals surface area contributed by atoms with Gasteiger partial charge in [0.15, 0.2) is 0 Å². The number of hydrogen-bond acceptors (Lipinski definition) is 3. The van der Waals surface area contributed by atoms with Crippen molar-refractivity contribution >= 4 is 10.0 Å². The van der Waals surface area contributed by atoms with E-state index in [1.165, 1.54) is 16.7 Å². The van der Waals surface area contributed by atoms with Crippen LogP contribution in [0.2, 0.25) is 0 Å². The third-order valence-corrected chi connectivity index (χ3v) is 8.57. The molecule has 5 heteroatoms. The number of nitrogens with two attached hydrogens (primary N) is 1. The van der Waals surface area contributed by atoms with Crippen LogP contribution in [0.1, 0.15) is 86.1 Å². The second-order valence-corrected chi connectivity index (χ2v) is 11.3. The first-order valence-corrected chi connectivity index (χ1v) is 13.6. The Morgan fingerprint density at radius 1 is 0.903 bits per heavy atom. The van der Waals surface area contributed by atoms with Crippen LogP contribution in [0.5, 0.6) is 0 Å². The molecule has 2 aromatic rings. The minimum atomic E-state index is -3.26. The van der Waals surface area contributed by atoms with E-state index in [9.17, 15) is 8.42 Å². The maximum Gasteiger partial charge on any atom is 0.212 e. The first kappa shape index (κ1) is 22.5. The van der Waals surface area contributed by atoms with Gasteiger partial charge in [0, 0.05) is 11.6 Å².